The Bertz CT molecular complexity index is 1290. The average Bonchev–Trinajstić information content (AvgIpc) is 2.83. The number of halogens is 1. The molecule has 174 valence electrons. The lowest BCUT2D eigenvalue weighted by Gasteiger charge is -2.36. The van der Waals surface area contributed by atoms with Gasteiger partial charge in [-0.05, 0) is 46.1 Å². The molecule has 1 unspecified atom stereocenters. The number of benzene rings is 2. The van der Waals surface area contributed by atoms with Gasteiger partial charge in [-0.2, -0.15) is 5.26 Å². The molecular weight excluding hydrogens is 506 g/mol. The summed E-state index contributed by atoms with van der Waals surface area (Å²) in [4.78, 5) is 39.1. The maximum absolute atomic E-state index is 13.1. The molecule has 0 saturated heterocycles. The van der Waals surface area contributed by atoms with Gasteiger partial charge in [0.05, 0.1) is 48.6 Å². The molecule has 3 N–H and O–H groups in total. The van der Waals surface area contributed by atoms with Crippen molar-refractivity contribution in [2.24, 2.45) is 5.73 Å². The number of aryl methyl sites for hydroxylation is 1. The van der Waals surface area contributed by atoms with Crippen LogP contribution in [0.25, 0.3) is 0 Å². The van der Waals surface area contributed by atoms with Crippen molar-refractivity contribution in [2.75, 3.05) is 19.1 Å². The fourth-order valence-corrected chi connectivity index (χ4v) is 4.46. The van der Waals surface area contributed by atoms with Gasteiger partial charge in [0.1, 0.15) is 11.5 Å². The third-order valence-electron chi connectivity index (χ3n) is 5.38. The minimum absolute atomic E-state index is 0.0244. The van der Waals surface area contributed by atoms with Gasteiger partial charge in [0, 0.05) is 4.47 Å². The second-order valence-electron chi connectivity index (χ2n) is 7.26. The van der Waals surface area contributed by atoms with Crippen molar-refractivity contribution in [3.8, 4) is 6.07 Å². The highest BCUT2D eigenvalue weighted by Gasteiger charge is 2.43. The van der Waals surface area contributed by atoms with Crippen molar-refractivity contribution in [3.63, 3.8) is 0 Å². The van der Waals surface area contributed by atoms with Gasteiger partial charge in [-0.1, -0.05) is 30.3 Å². The second kappa shape index (κ2) is 9.80. The number of ether oxygens (including phenoxy) is 2. The van der Waals surface area contributed by atoms with E-state index in [-0.39, 0.29) is 33.9 Å². The zero-order valence-electron chi connectivity index (χ0n) is 18.5. The van der Waals surface area contributed by atoms with Crippen molar-refractivity contribution >= 4 is 39.5 Å². The molecule has 0 bridgehead atoms. The fourth-order valence-electron chi connectivity index (χ4n) is 3.83. The molecule has 0 aromatic heterocycles. The standard InChI is InChI=1S/C24H20BrN3O6/c1-12-9-16(25)17(10-14(12)22(29)30)28-20(24(32)34-3)19(23(31)33-2)18(15(11-26)21(28)27)13-7-5-4-6-8-13/h4-10,18H,27H2,1-3H3,(H,29,30). The molecule has 1 heterocycles. The molecule has 1 atom stereocenters. The number of nitrogens with two attached hydrogens (primary N) is 1. The smallest absolute Gasteiger partial charge is 0.355 e. The molecule has 1 aliphatic rings. The van der Waals surface area contributed by atoms with E-state index in [1.165, 1.54) is 12.1 Å². The molecule has 0 radical (unpaired) electrons. The molecule has 0 fully saturated rings. The number of nitrogens with zero attached hydrogens (tertiary/aromatic N) is 2. The van der Waals surface area contributed by atoms with Gasteiger partial charge in [0.15, 0.2) is 0 Å². The van der Waals surface area contributed by atoms with Gasteiger partial charge in [-0.3, -0.25) is 4.90 Å². The zero-order chi connectivity index (χ0) is 25.2. The Morgan fingerprint density at radius 3 is 2.26 bits per heavy atom. The lowest BCUT2D eigenvalue weighted by atomic mass is 9.81. The summed E-state index contributed by atoms with van der Waals surface area (Å²) in [6.07, 6.45) is 0. The van der Waals surface area contributed by atoms with Crippen molar-refractivity contribution in [1.82, 2.24) is 0 Å². The topological polar surface area (TPSA) is 143 Å². The number of methoxy groups -OCH3 is 2. The van der Waals surface area contributed by atoms with Crippen LogP contribution < -0.4 is 10.6 Å². The number of rotatable bonds is 5. The quantitative estimate of drug-likeness (QED) is 0.561. The van der Waals surface area contributed by atoms with Crippen LogP contribution in [0.3, 0.4) is 0 Å². The molecule has 0 aliphatic carbocycles. The van der Waals surface area contributed by atoms with E-state index in [0.717, 1.165) is 19.1 Å². The van der Waals surface area contributed by atoms with Gasteiger partial charge in [0.2, 0.25) is 0 Å². The first-order valence-corrected chi connectivity index (χ1v) is 10.7. The Morgan fingerprint density at radius 1 is 1.12 bits per heavy atom. The highest BCUT2D eigenvalue weighted by atomic mass is 79.9. The van der Waals surface area contributed by atoms with E-state index in [4.69, 9.17) is 15.2 Å². The first-order valence-electron chi connectivity index (χ1n) is 9.86. The van der Waals surface area contributed by atoms with E-state index in [2.05, 4.69) is 15.9 Å². The monoisotopic (exact) mass is 525 g/mol. The Morgan fingerprint density at radius 2 is 1.74 bits per heavy atom. The van der Waals surface area contributed by atoms with Crippen LogP contribution in [0.1, 0.15) is 27.4 Å². The molecule has 1 aliphatic heterocycles. The number of hydrogen-bond acceptors (Lipinski definition) is 8. The largest absolute Gasteiger partial charge is 0.478 e. The first-order chi connectivity index (χ1) is 16.2. The van der Waals surface area contributed by atoms with Gasteiger partial charge in [-0.15, -0.1) is 0 Å². The summed E-state index contributed by atoms with van der Waals surface area (Å²) in [5, 5.41) is 19.7. The Labute approximate surface area is 203 Å². The van der Waals surface area contributed by atoms with Gasteiger partial charge < -0.3 is 20.3 Å². The predicted molar refractivity (Wildman–Crippen MR) is 125 cm³/mol. The predicted octanol–water partition coefficient (Wildman–Crippen LogP) is 3.35. The number of aromatic carboxylic acids is 1. The number of esters is 2. The molecule has 2 aromatic carbocycles. The van der Waals surface area contributed by atoms with Crippen LogP contribution in [0.2, 0.25) is 0 Å². The Hall–Kier alpha value is -4.10. The SMILES string of the molecule is COC(=O)C1=C(C(=O)OC)N(c2cc(C(=O)O)c(C)cc2Br)C(N)=C(C#N)C1c1ccccc1. The number of hydrogen-bond donors (Lipinski definition) is 2. The molecule has 10 heteroatoms. The van der Waals surface area contributed by atoms with Crippen LogP contribution >= 0.6 is 15.9 Å². The number of anilines is 1. The van der Waals surface area contributed by atoms with E-state index in [1.54, 1.807) is 37.3 Å². The molecular formula is C24H20BrN3O6. The number of carboxylic acids is 1. The normalized spacial score (nSPS) is 15.6. The zero-order valence-corrected chi connectivity index (χ0v) is 20.0. The summed E-state index contributed by atoms with van der Waals surface area (Å²) in [5.41, 5.74) is 6.99. The minimum Gasteiger partial charge on any atom is -0.478 e. The Kier molecular flexibility index (Phi) is 7.08. The number of nitriles is 1. The van der Waals surface area contributed by atoms with Crippen molar-refractivity contribution in [3.05, 3.63) is 86.3 Å². The lowest BCUT2D eigenvalue weighted by molar-refractivity contribution is -0.139. The van der Waals surface area contributed by atoms with Gasteiger partial charge in [-0.25, -0.2) is 14.4 Å². The summed E-state index contributed by atoms with van der Waals surface area (Å²) >= 11 is 3.38. The van der Waals surface area contributed by atoms with E-state index >= 15 is 0 Å². The van der Waals surface area contributed by atoms with Crippen molar-refractivity contribution < 1.29 is 29.0 Å². The molecule has 0 spiro atoms. The van der Waals surface area contributed by atoms with E-state index in [1.807, 2.05) is 6.07 Å². The second-order valence-corrected chi connectivity index (χ2v) is 8.11. The molecule has 0 amide bonds. The third-order valence-corrected chi connectivity index (χ3v) is 6.01. The highest BCUT2D eigenvalue weighted by Crippen LogP contribution is 2.45. The van der Waals surface area contributed by atoms with Gasteiger partial charge in [0.25, 0.3) is 0 Å². The summed E-state index contributed by atoms with van der Waals surface area (Å²) in [6, 6.07) is 13.4. The maximum Gasteiger partial charge on any atom is 0.355 e. The van der Waals surface area contributed by atoms with Crippen LogP contribution in [0, 0.1) is 18.3 Å². The number of carboxylic acid groups (broad SMARTS) is 1. The average molecular weight is 526 g/mol. The number of carbonyl (C=O) groups is 3. The van der Waals surface area contributed by atoms with Crippen molar-refractivity contribution in [1.29, 1.82) is 5.26 Å². The highest BCUT2D eigenvalue weighted by molar-refractivity contribution is 9.10. The van der Waals surface area contributed by atoms with Crippen LogP contribution in [0.15, 0.2) is 69.6 Å². The van der Waals surface area contributed by atoms with Gasteiger partial charge >= 0.3 is 17.9 Å². The van der Waals surface area contributed by atoms with Crippen LogP contribution in [-0.4, -0.2) is 37.2 Å². The summed E-state index contributed by atoms with van der Waals surface area (Å²) in [5.74, 6) is -4.19. The van der Waals surface area contributed by atoms with E-state index < -0.39 is 23.8 Å². The fraction of sp³-hybridized carbons (Fsp3) is 0.167. The van der Waals surface area contributed by atoms with E-state index in [0.29, 0.717) is 15.6 Å². The molecule has 34 heavy (non-hydrogen) atoms. The maximum atomic E-state index is 13.1. The van der Waals surface area contributed by atoms with Crippen LogP contribution in [0.4, 0.5) is 5.69 Å². The number of allylic oxidation sites excluding steroid dienone is 1. The third kappa shape index (κ3) is 4.13. The molecule has 9 nitrogen and oxygen atoms in total. The summed E-state index contributed by atoms with van der Waals surface area (Å²) in [7, 11) is 2.28. The number of carbonyl (C=O) groups excluding carboxylic acids is 2. The van der Waals surface area contributed by atoms with Crippen molar-refractivity contribution in [2.45, 2.75) is 12.8 Å². The molecule has 0 saturated carbocycles. The molecule has 3 rings (SSSR count). The lowest BCUT2D eigenvalue weighted by Crippen LogP contribution is -2.41. The van der Waals surface area contributed by atoms with Crippen LogP contribution in [-0.2, 0) is 19.1 Å². The minimum atomic E-state index is -1.20. The van der Waals surface area contributed by atoms with Crippen LogP contribution in [0.5, 0.6) is 0 Å². The summed E-state index contributed by atoms with van der Waals surface area (Å²) < 4.78 is 10.3. The summed E-state index contributed by atoms with van der Waals surface area (Å²) in [6.45, 7) is 1.61. The molecule has 2 aromatic rings. The Balaban J connectivity index is 2.48. The van der Waals surface area contributed by atoms with E-state index in [9.17, 15) is 24.8 Å². The first kappa shape index (κ1) is 24.5.